The van der Waals surface area contributed by atoms with Crippen LogP contribution in [-0.4, -0.2) is 21.2 Å². The van der Waals surface area contributed by atoms with Gasteiger partial charge in [-0.25, -0.2) is 4.68 Å². The highest BCUT2D eigenvalue weighted by molar-refractivity contribution is 5.86. The molecule has 0 radical (unpaired) electrons. The predicted octanol–water partition coefficient (Wildman–Crippen LogP) is 3.13. The zero-order chi connectivity index (χ0) is 16.3. The van der Waals surface area contributed by atoms with E-state index in [2.05, 4.69) is 10.4 Å². The van der Waals surface area contributed by atoms with Crippen LogP contribution in [0.25, 0.3) is 5.69 Å². The number of carbonyl (C=O) groups is 1. The van der Waals surface area contributed by atoms with Crippen LogP contribution in [0.4, 0.5) is 0 Å². The number of hydrogen-bond donors (Lipinski definition) is 2. The van der Waals surface area contributed by atoms with Gasteiger partial charge in [-0.1, -0.05) is 31.4 Å². The van der Waals surface area contributed by atoms with E-state index in [0.29, 0.717) is 0 Å². The van der Waals surface area contributed by atoms with Gasteiger partial charge in [-0.3, -0.25) is 4.79 Å². The number of rotatable bonds is 4. The molecule has 1 atom stereocenters. The number of halogens is 1. The Balaban J connectivity index is 0.00000208. The van der Waals surface area contributed by atoms with Gasteiger partial charge in [0.1, 0.15) is 0 Å². The third-order valence-electron chi connectivity index (χ3n) is 4.71. The second-order valence-electron chi connectivity index (χ2n) is 6.45. The molecule has 0 saturated heterocycles. The maximum Gasteiger partial charge on any atom is 0.240 e. The molecular formula is C18H25ClN4O. The Morgan fingerprint density at radius 3 is 2.50 bits per heavy atom. The van der Waals surface area contributed by atoms with E-state index in [0.717, 1.165) is 36.9 Å². The molecule has 0 spiro atoms. The molecule has 1 aliphatic rings. The number of nitrogens with two attached hydrogens (primary N) is 1. The van der Waals surface area contributed by atoms with Crippen molar-refractivity contribution < 1.29 is 4.79 Å². The normalized spacial score (nSPS) is 17.6. The molecule has 3 rings (SSSR count). The lowest BCUT2D eigenvalue weighted by molar-refractivity contribution is -0.128. The third kappa shape index (κ3) is 3.97. The Morgan fingerprint density at radius 2 is 1.92 bits per heavy atom. The highest BCUT2D eigenvalue weighted by Gasteiger charge is 2.35. The van der Waals surface area contributed by atoms with Crippen LogP contribution in [0.2, 0.25) is 0 Å². The van der Waals surface area contributed by atoms with Gasteiger partial charge in [0.05, 0.1) is 17.3 Å². The number of hydrogen-bond acceptors (Lipinski definition) is 3. The lowest BCUT2D eigenvalue weighted by atomic mass is 9.81. The standard InChI is InChI=1S/C18H24N4O.ClH/c1-14(21-17(23)18(19)10-3-2-4-11-18)15-6-8-16(9-7-15)22-13-5-12-20-22;/h5-9,12-14H,2-4,10-11,19H2,1H3,(H,21,23);1H. The van der Waals surface area contributed by atoms with Crippen LogP contribution >= 0.6 is 12.4 Å². The zero-order valence-corrected chi connectivity index (χ0v) is 14.8. The Bertz CT molecular complexity index is 648. The number of nitrogens with zero attached hydrogens (tertiary/aromatic N) is 2. The average Bonchev–Trinajstić information content (AvgIpc) is 3.10. The second kappa shape index (κ2) is 7.81. The predicted molar refractivity (Wildman–Crippen MR) is 97.4 cm³/mol. The molecule has 1 heterocycles. The number of amides is 1. The lowest BCUT2D eigenvalue weighted by Crippen LogP contribution is -2.55. The molecule has 1 aromatic heterocycles. The van der Waals surface area contributed by atoms with Crippen molar-refractivity contribution >= 4 is 18.3 Å². The summed E-state index contributed by atoms with van der Waals surface area (Å²) in [5, 5.41) is 7.28. The van der Waals surface area contributed by atoms with E-state index in [-0.39, 0.29) is 24.4 Å². The number of carbonyl (C=O) groups excluding carboxylic acids is 1. The van der Waals surface area contributed by atoms with Gasteiger partial charge in [-0.15, -0.1) is 12.4 Å². The fourth-order valence-electron chi connectivity index (χ4n) is 3.17. The summed E-state index contributed by atoms with van der Waals surface area (Å²) in [7, 11) is 0. The van der Waals surface area contributed by atoms with E-state index < -0.39 is 5.54 Å². The van der Waals surface area contributed by atoms with Crippen molar-refractivity contribution in [3.8, 4) is 5.69 Å². The van der Waals surface area contributed by atoms with Crippen molar-refractivity contribution in [3.63, 3.8) is 0 Å². The Morgan fingerprint density at radius 1 is 1.25 bits per heavy atom. The van der Waals surface area contributed by atoms with Crippen LogP contribution < -0.4 is 11.1 Å². The topological polar surface area (TPSA) is 72.9 Å². The van der Waals surface area contributed by atoms with Crippen molar-refractivity contribution in [1.82, 2.24) is 15.1 Å². The van der Waals surface area contributed by atoms with Crippen molar-refractivity contribution in [2.24, 2.45) is 5.73 Å². The molecule has 0 aliphatic heterocycles. The van der Waals surface area contributed by atoms with E-state index in [4.69, 9.17) is 5.73 Å². The first-order valence-corrected chi connectivity index (χ1v) is 8.28. The van der Waals surface area contributed by atoms with Gasteiger partial charge in [0.15, 0.2) is 0 Å². The minimum atomic E-state index is -0.693. The van der Waals surface area contributed by atoms with Crippen LogP contribution in [-0.2, 0) is 4.79 Å². The summed E-state index contributed by atoms with van der Waals surface area (Å²) in [4.78, 5) is 12.5. The molecule has 6 heteroatoms. The van der Waals surface area contributed by atoms with Crippen LogP contribution in [0.3, 0.4) is 0 Å². The molecule has 1 aliphatic carbocycles. The van der Waals surface area contributed by atoms with E-state index >= 15 is 0 Å². The van der Waals surface area contributed by atoms with Gasteiger partial charge < -0.3 is 11.1 Å². The Hall–Kier alpha value is -1.85. The van der Waals surface area contributed by atoms with Crippen molar-refractivity contribution in [2.75, 3.05) is 0 Å². The molecule has 3 N–H and O–H groups in total. The van der Waals surface area contributed by atoms with Crippen LogP contribution in [0.1, 0.15) is 50.6 Å². The van der Waals surface area contributed by atoms with Crippen LogP contribution in [0.5, 0.6) is 0 Å². The summed E-state index contributed by atoms with van der Waals surface area (Å²) in [6, 6.07) is 9.88. The number of benzene rings is 1. The highest BCUT2D eigenvalue weighted by atomic mass is 35.5. The van der Waals surface area contributed by atoms with E-state index in [1.807, 2.05) is 48.1 Å². The Kier molecular flexibility index (Phi) is 6.02. The molecule has 2 aromatic rings. The molecule has 1 unspecified atom stereocenters. The van der Waals surface area contributed by atoms with Gasteiger partial charge in [-0.2, -0.15) is 5.10 Å². The van der Waals surface area contributed by atoms with Crippen LogP contribution in [0.15, 0.2) is 42.7 Å². The average molecular weight is 349 g/mol. The van der Waals surface area contributed by atoms with E-state index in [1.54, 1.807) is 6.20 Å². The smallest absolute Gasteiger partial charge is 0.240 e. The van der Waals surface area contributed by atoms with Crippen LogP contribution in [0, 0.1) is 0 Å². The zero-order valence-electron chi connectivity index (χ0n) is 13.9. The van der Waals surface area contributed by atoms with Gasteiger partial charge in [-0.05, 0) is 43.5 Å². The van der Waals surface area contributed by atoms with Gasteiger partial charge >= 0.3 is 0 Å². The third-order valence-corrected chi connectivity index (χ3v) is 4.71. The molecular weight excluding hydrogens is 324 g/mol. The number of nitrogens with one attached hydrogen (secondary N) is 1. The molecule has 5 nitrogen and oxygen atoms in total. The Labute approximate surface area is 149 Å². The van der Waals surface area contributed by atoms with Crippen molar-refractivity contribution in [3.05, 3.63) is 48.3 Å². The van der Waals surface area contributed by atoms with E-state index in [9.17, 15) is 4.79 Å². The van der Waals surface area contributed by atoms with Crippen molar-refractivity contribution in [1.29, 1.82) is 0 Å². The second-order valence-corrected chi connectivity index (χ2v) is 6.45. The van der Waals surface area contributed by atoms with Gasteiger partial charge in [0, 0.05) is 12.4 Å². The molecule has 0 bridgehead atoms. The molecule has 1 fully saturated rings. The largest absolute Gasteiger partial charge is 0.348 e. The first kappa shape index (κ1) is 18.5. The minimum absolute atomic E-state index is 0. The maximum absolute atomic E-state index is 12.5. The summed E-state index contributed by atoms with van der Waals surface area (Å²) in [6.45, 7) is 1.99. The summed E-state index contributed by atoms with van der Waals surface area (Å²) < 4.78 is 1.81. The summed E-state index contributed by atoms with van der Waals surface area (Å²) in [5.41, 5.74) is 7.66. The first-order chi connectivity index (χ1) is 11.1. The quantitative estimate of drug-likeness (QED) is 0.891. The van der Waals surface area contributed by atoms with Gasteiger partial charge in [0.25, 0.3) is 0 Å². The van der Waals surface area contributed by atoms with E-state index in [1.165, 1.54) is 6.42 Å². The molecule has 24 heavy (non-hydrogen) atoms. The summed E-state index contributed by atoms with van der Waals surface area (Å²) in [6.07, 6.45) is 8.47. The highest BCUT2D eigenvalue weighted by Crippen LogP contribution is 2.27. The maximum atomic E-state index is 12.5. The molecule has 1 saturated carbocycles. The fraction of sp³-hybridized carbons (Fsp3) is 0.444. The minimum Gasteiger partial charge on any atom is -0.348 e. The summed E-state index contributed by atoms with van der Waals surface area (Å²) in [5.74, 6) is -0.0270. The fourth-order valence-corrected chi connectivity index (χ4v) is 3.17. The molecule has 1 aromatic carbocycles. The molecule has 1 amide bonds. The number of aromatic nitrogens is 2. The molecule has 130 valence electrons. The lowest BCUT2D eigenvalue weighted by Gasteiger charge is -2.33. The first-order valence-electron chi connectivity index (χ1n) is 8.28. The van der Waals surface area contributed by atoms with Crippen molar-refractivity contribution in [2.45, 2.75) is 50.6 Å². The van der Waals surface area contributed by atoms with Gasteiger partial charge in [0.2, 0.25) is 5.91 Å². The summed E-state index contributed by atoms with van der Waals surface area (Å²) >= 11 is 0. The monoisotopic (exact) mass is 348 g/mol. The SMILES string of the molecule is CC(NC(=O)C1(N)CCCCC1)c1ccc(-n2cccn2)cc1.Cl.